The van der Waals surface area contributed by atoms with Crippen molar-refractivity contribution in [2.24, 2.45) is 0 Å². The molecule has 0 N–H and O–H groups in total. The lowest BCUT2D eigenvalue weighted by atomic mass is 9.86. The summed E-state index contributed by atoms with van der Waals surface area (Å²) in [6, 6.07) is 6.32. The lowest BCUT2D eigenvalue weighted by Crippen LogP contribution is -2.15. The Kier molecular flexibility index (Phi) is 3.61. The van der Waals surface area contributed by atoms with Gasteiger partial charge in [0.2, 0.25) is 9.04 Å². The van der Waals surface area contributed by atoms with E-state index in [0.717, 1.165) is 11.3 Å². The first kappa shape index (κ1) is 12.3. The maximum Gasteiger partial charge on any atom is 0.229 e. The van der Waals surface area contributed by atoms with Crippen LogP contribution in [0.5, 0.6) is 5.75 Å². The zero-order valence-electron chi connectivity index (χ0n) is 10.4. The predicted octanol–water partition coefficient (Wildman–Crippen LogP) is 3.53. The summed E-state index contributed by atoms with van der Waals surface area (Å²) < 4.78 is 5.86. The van der Waals surface area contributed by atoms with Gasteiger partial charge in [0.1, 0.15) is 5.75 Å². The molecule has 0 aliphatic carbocycles. The number of hydrogen-bond donors (Lipinski definition) is 0. The van der Waals surface area contributed by atoms with Crippen molar-refractivity contribution in [3.63, 3.8) is 0 Å². The molecule has 0 bridgehead atoms. The first-order valence-corrected chi connectivity index (χ1v) is 8.22. The topological polar surface area (TPSA) is 9.23 Å². The standard InChI is InChI=1S/C13H21OSi/c1-10-7-8-11(13(2,3)4)9-12(10)14-15(5)6/h7-9,15H,1H2,2-6H3. The molecule has 0 fully saturated rings. The molecule has 1 rings (SSSR count). The van der Waals surface area contributed by atoms with Crippen molar-refractivity contribution in [2.75, 3.05) is 0 Å². The first-order chi connectivity index (χ1) is 6.80. The van der Waals surface area contributed by atoms with Gasteiger partial charge in [-0.05, 0) is 42.6 Å². The predicted molar refractivity (Wildman–Crippen MR) is 69.1 cm³/mol. The molecular weight excluding hydrogens is 200 g/mol. The van der Waals surface area contributed by atoms with Crippen LogP contribution in [0.3, 0.4) is 0 Å². The van der Waals surface area contributed by atoms with E-state index in [1.807, 2.05) is 6.07 Å². The minimum Gasteiger partial charge on any atom is -0.547 e. The van der Waals surface area contributed by atoms with Crippen molar-refractivity contribution >= 4 is 9.04 Å². The van der Waals surface area contributed by atoms with Gasteiger partial charge in [-0.1, -0.05) is 32.9 Å². The van der Waals surface area contributed by atoms with Crippen LogP contribution in [0.25, 0.3) is 0 Å². The van der Waals surface area contributed by atoms with Crippen LogP contribution in [0.15, 0.2) is 18.2 Å². The summed E-state index contributed by atoms with van der Waals surface area (Å²) >= 11 is 0. The molecule has 2 heteroatoms. The molecule has 1 nitrogen and oxygen atoms in total. The average molecular weight is 221 g/mol. The highest BCUT2D eigenvalue weighted by Crippen LogP contribution is 2.28. The van der Waals surface area contributed by atoms with Crippen LogP contribution in [0.1, 0.15) is 31.9 Å². The number of rotatable bonds is 2. The Hall–Kier alpha value is -0.763. The molecule has 0 aliphatic heterocycles. The molecule has 1 aromatic rings. The second-order valence-electron chi connectivity index (χ2n) is 5.24. The number of benzene rings is 1. The molecule has 0 saturated heterocycles. The zero-order valence-corrected chi connectivity index (χ0v) is 11.6. The van der Waals surface area contributed by atoms with Gasteiger partial charge in [-0.3, -0.25) is 0 Å². The third-order valence-electron chi connectivity index (χ3n) is 2.30. The molecule has 0 spiro atoms. The SMILES string of the molecule is [CH2]c1ccc(C(C)(C)C)cc1O[SiH](C)C. The fourth-order valence-electron chi connectivity index (χ4n) is 1.38. The van der Waals surface area contributed by atoms with E-state index >= 15 is 0 Å². The molecule has 0 aromatic heterocycles. The monoisotopic (exact) mass is 221 g/mol. The van der Waals surface area contributed by atoms with E-state index in [2.05, 4.69) is 52.9 Å². The number of hydrogen-bond acceptors (Lipinski definition) is 1. The molecule has 1 aromatic carbocycles. The van der Waals surface area contributed by atoms with Crippen molar-refractivity contribution in [3.8, 4) is 5.75 Å². The summed E-state index contributed by atoms with van der Waals surface area (Å²) in [5.74, 6) is 0.962. The van der Waals surface area contributed by atoms with Gasteiger partial charge in [0.25, 0.3) is 0 Å². The van der Waals surface area contributed by atoms with Crippen LogP contribution >= 0.6 is 0 Å². The van der Waals surface area contributed by atoms with Crippen molar-refractivity contribution in [3.05, 3.63) is 36.2 Å². The average Bonchev–Trinajstić information content (AvgIpc) is 2.06. The van der Waals surface area contributed by atoms with Crippen LogP contribution in [0.2, 0.25) is 13.1 Å². The first-order valence-electron chi connectivity index (χ1n) is 5.44. The van der Waals surface area contributed by atoms with Crippen LogP contribution in [-0.2, 0) is 5.41 Å². The Morgan fingerprint density at radius 3 is 2.27 bits per heavy atom. The van der Waals surface area contributed by atoms with E-state index in [1.165, 1.54) is 5.56 Å². The van der Waals surface area contributed by atoms with Crippen LogP contribution in [0.4, 0.5) is 0 Å². The molecule has 0 unspecified atom stereocenters. The molecular formula is C13H21OSi. The molecule has 0 aliphatic rings. The van der Waals surface area contributed by atoms with Gasteiger partial charge in [-0.15, -0.1) is 0 Å². The summed E-state index contributed by atoms with van der Waals surface area (Å²) in [7, 11) is -1.04. The van der Waals surface area contributed by atoms with Crippen molar-refractivity contribution < 1.29 is 4.43 Å². The van der Waals surface area contributed by atoms with Gasteiger partial charge in [0.05, 0.1) is 0 Å². The second kappa shape index (κ2) is 4.39. The Morgan fingerprint density at radius 2 is 1.80 bits per heavy atom. The van der Waals surface area contributed by atoms with Crippen molar-refractivity contribution in [1.29, 1.82) is 0 Å². The minimum atomic E-state index is -1.04. The summed E-state index contributed by atoms with van der Waals surface area (Å²) in [5.41, 5.74) is 2.47. The fourth-order valence-corrected chi connectivity index (χ4v) is 2.11. The third-order valence-corrected chi connectivity index (χ3v) is 3.02. The van der Waals surface area contributed by atoms with Gasteiger partial charge >= 0.3 is 0 Å². The lowest BCUT2D eigenvalue weighted by molar-refractivity contribution is 0.558. The quantitative estimate of drug-likeness (QED) is 0.694. The van der Waals surface area contributed by atoms with Gasteiger partial charge in [0.15, 0.2) is 0 Å². The smallest absolute Gasteiger partial charge is 0.229 e. The van der Waals surface area contributed by atoms with Crippen LogP contribution in [-0.4, -0.2) is 9.04 Å². The van der Waals surface area contributed by atoms with Crippen molar-refractivity contribution in [2.45, 2.75) is 39.3 Å². The summed E-state index contributed by atoms with van der Waals surface area (Å²) in [6.07, 6.45) is 0. The highest BCUT2D eigenvalue weighted by Gasteiger charge is 2.15. The molecule has 1 radical (unpaired) electrons. The maximum atomic E-state index is 5.86. The third kappa shape index (κ3) is 3.38. The molecule has 0 saturated carbocycles. The molecule has 83 valence electrons. The normalized spacial score (nSPS) is 11.9. The fraction of sp³-hybridized carbons (Fsp3) is 0.462. The minimum absolute atomic E-state index is 0.171. The molecule has 0 amide bonds. The van der Waals surface area contributed by atoms with E-state index < -0.39 is 9.04 Å². The lowest BCUT2D eigenvalue weighted by Gasteiger charge is -2.21. The molecule has 15 heavy (non-hydrogen) atoms. The van der Waals surface area contributed by atoms with Gasteiger partial charge in [-0.2, -0.15) is 0 Å². The highest BCUT2D eigenvalue weighted by atomic mass is 28.3. The highest BCUT2D eigenvalue weighted by molar-refractivity contribution is 6.49. The van der Waals surface area contributed by atoms with E-state index in [1.54, 1.807) is 0 Å². The maximum absolute atomic E-state index is 5.86. The van der Waals surface area contributed by atoms with Gasteiger partial charge in [0, 0.05) is 0 Å². The Balaban J connectivity index is 3.06. The van der Waals surface area contributed by atoms with E-state index in [4.69, 9.17) is 4.43 Å². The summed E-state index contributed by atoms with van der Waals surface area (Å²) in [6.45, 7) is 15.0. The van der Waals surface area contributed by atoms with E-state index in [0.29, 0.717) is 0 Å². The van der Waals surface area contributed by atoms with E-state index in [-0.39, 0.29) is 5.41 Å². The molecule has 0 atom stereocenters. The van der Waals surface area contributed by atoms with Gasteiger partial charge in [-0.25, -0.2) is 0 Å². The van der Waals surface area contributed by atoms with Crippen LogP contribution in [0, 0.1) is 6.92 Å². The Morgan fingerprint density at radius 1 is 1.20 bits per heavy atom. The van der Waals surface area contributed by atoms with Crippen molar-refractivity contribution in [1.82, 2.24) is 0 Å². The van der Waals surface area contributed by atoms with Gasteiger partial charge < -0.3 is 4.43 Å². The second-order valence-corrected chi connectivity index (χ2v) is 7.57. The Labute approximate surface area is 95.2 Å². The molecule has 0 heterocycles. The van der Waals surface area contributed by atoms with E-state index in [9.17, 15) is 0 Å². The zero-order chi connectivity index (χ0) is 11.6. The largest absolute Gasteiger partial charge is 0.547 e. The summed E-state index contributed by atoms with van der Waals surface area (Å²) in [4.78, 5) is 0. The summed E-state index contributed by atoms with van der Waals surface area (Å²) in [5, 5.41) is 0. The Bertz CT molecular complexity index is 337. The van der Waals surface area contributed by atoms with Crippen LogP contribution < -0.4 is 4.43 Å².